The Morgan fingerprint density at radius 1 is 1.13 bits per heavy atom. The smallest absolute Gasteiger partial charge is 0.275 e. The highest BCUT2D eigenvalue weighted by molar-refractivity contribution is 6.03. The Morgan fingerprint density at radius 3 is 2.64 bits per heavy atom. The second-order valence-electron chi connectivity index (χ2n) is 10.1. The third kappa shape index (κ3) is 7.40. The average Bonchev–Trinajstić information content (AvgIpc) is 2.96. The number of benzene rings is 2. The van der Waals surface area contributed by atoms with Crippen LogP contribution in [0.1, 0.15) is 40.3 Å². The molecule has 3 aromatic rings. The number of anilines is 1. The molecular formula is C30H37N5O4. The third-order valence-electron chi connectivity index (χ3n) is 7.16. The Balaban J connectivity index is 1.59. The van der Waals surface area contributed by atoms with Crippen molar-refractivity contribution >= 4 is 17.5 Å². The first kappa shape index (κ1) is 28.2. The Bertz CT molecular complexity index is 1240. The number of nitrogens with one attached hydrogen (secondary N) is 1. The Labute approximate surface area is 230 Å². The predicted molar refractivity (Wildman–Crippen MR) is 150 cm³/mol. The maximum Gasteiger partial charge on any atom is 0.275 e. The largest absolute Gasteiger partial charge is 0.491 e. The Hall–Kier alpha value is -3.82. The van der Waals surface area contributed by atoms with Crippen LogP contribution in [-0.2, 0) is 11.2 Å². The molecule has 0 spiro atoms. The molecule has 9 nitrogen and oxygen atoms in total. The van der Waals surface area contributed by atoms with Crippen LogP contribution in [0.5, 0.6) is 5.75 Å². The third-order valence-corrected chi connectivity index (χ3v) is 7.16. The molecule has 0 saturated carbocycles. The van der Waals surface area contributed by atoms with Crippen molar-refractivity contribution in [2.45, 2.75) is 32.4 Å². The highest BCUT2D eigenvalue weighted by Crippen LogP contribution is 2.27. The molecule has 2 heterocycles. The van der Waals surface area contributed by atoms with Crippen LogP contribution in [0.15, 0.2) is 67.1 Å². The number of nitrogens with zero attached hydrogens (tertiary/aromatic N) is 4. The Kier molecular flexibility index (Phi) is 9.62. The monoisotopic (exact) mass is 531 g/mol. The number of aromatic nitrogens is 2. The lowest BCUT2D eigenvalue weighted by Crippen LogP contribution is -2.47. The summed E-state index contributed by atoms with van der Waals surface area (Å²) in [5.74, 6) is 0.0551. The van der Waals surface area contributed by atoms with Crippen molar-refractivity contribution in [3.05, 3.63) is 83.9 Å². The summed E-state index contributed by atoms with van der Waals surface area (Å²) in [6.07, 6.45) is 5.16. The summed E-state index contributed by atoms with van der Waals surface area (Å²) < 4.78 is 12.1. The first-order chi connectivity index (χ1) is 18.9. The highest BCUT2D eigenvalue weighted by atomic mass is 16.5. The normalized spacial score (nSPS) is 20.8. The molecule has 2 aromatic carbocycles. The van der Waals surface area contributed by atoms with Gasteiger partial charge in [-0.15, -0.1) is 0 Å². The molecule has 0 saturated heterocycles. The first-order valence-corrected chi connectivity index (χ1v) is 13.3. The molecule has 206 valence electrons. The zero-order chi connectivity index (χ0) is 27.8. The zero-order valence-corrected chi connectivity index (χ0v) is 23.0. The number of hydrogen-bond donors (Lipinski definition) is 1. The van der Waals surface area contributed by atoms with Crippen LogP contribution < -0.4 is 10.1 Å². The molecule has 1 aromatic heterocycles. The van der Waals surface area contributed by atoms with E-state index in [1.165, 1.54) is 24.2 Å². The van der Waals surface area contributed by atoms with Crippen molar-refractivity contribution in [2.24, 2.45) is 5.92 Å². The number of amides is 2. The van der Waals surface area contributed by atoms with Crippen LogP contribution in [0.25, 0.3) is 0 Å². The SMILES string of the molecule is CO[C@H]1CN(C)C(=O)c2ccc(NC(=O)c3cnccn3)cc2OC[C@H](C)N(CCc2ccccc2)C[C@@H]1C. The van der Waals surface area contributed by atoms with Crippen molar-refractivity contribution < 1.29 is 19.1 Å². The highest BCUT2D eigenvalue weighted by Gasteiger charge is 2.28. The van der Waals surface area contributed by atoms with Gasteiger partial charge >= 0.3 is 0 Å². The van der Waals surface area contributed by atoms with E-state index < -0.39 is 5.91 Å². The number of rotatable bonds is 6. The van der Waals surface area contributed by atoms with E-state index in [4.69, 9.17) is 9.47 Å². The fourth-order valence-corrected chi connectivity index (χ4v) is 4.77. The van der Waals surface area contributed by atoms with Gasteiger partial charge in [0, 0.05) is 64.0 Å². The van der Waals surface area contributed by atoms with Crippen LogP contribution in [0.4, 0.5) is 5.69 Å². The summed E-state index contributed by atoms with van der Waals surface area (Å²) in [6, 6.07) is 15.6. The maximum absolute atomic E-state index is 13.5. The topological polar surface area (TPSA) is 96.9 Å². The van der Waals surface area contributed by atoms with E-state index in [9.17, 15) is 9.59 Å². The van der Waals surface area contributed by atoms with Gasteiger partial charge in [0.05, 0.1) is 17.9 Å². The lowest BCUT2D eigenvalue weighted by Gasteiger charge is -2.36. The number of hydrogen-bond acceptors (Lipinski definition) is 7. The number of fused-ring (bicyclic) bond motifs is 1. The van der Waals surface area contributed by atoms with Crippen LogP contribution in [0.2, 0.25) is 0 Å². The lowest BCUT2D eigenvalue weighted by atomic mass is 10.0. The van der Waals surface area contributed by atoms with Gasteiger partial charge in [-0.1, -0.05) is 37.3 Å². The molecule has 9 heteroatoms. The van der Waals surface area contributed by atoms with E-state index >= 15 is 0 Å². The molecule has 2 amide bonds. The lowest BCUT2D eigenvalue weighted by molar-refractivity contribution is 0.0109. The maximum atomic E-state index is 13.5. The molecule has 1 aliphatic heterocycles. The van der Waals surface area contributed by atoms with Gasteiger partial charge in [0.25, 0.3) is 11.8 Å². The van der Waals surface area contributed by atoms with Gasteiger partial charge in [0.2, 0.25) is 0 Å². The quantitative estimate of drug-likeness (QED) is 0.517. The average molecular weight is 532 g/mol. The summed E-state index contributed by atoms with van der Waals surface area (Å²) in [7, 11) is 3.47. The minimum Gasteiger partial charge on any atom is -0.491 e. The molecular weight excluding hydrogens is 494 g/mol. The molecule has 39 heavy (non-hydrogen) atoms. The molecule has 3 atom stereocenters. The van der Waals surface area contributed by atoms with Gasteiger partial charge in [0.1, 0.15) is 18.1 Å². The van der Waals surface area contributed by atoms with E-state index in [-0.39, 0.29) is 29.7 Å². The molecule has 4 rings (SSSR count). The summed E-state index contributed by atoms with van der Waals surface area (Å²) in [5.41, 5.74) is 2.42. The summed E-state index contributed by atoms with van der Waals surface area (Å²) >= 11 is 0. The van der Waals surface area contributed by atoms with Crippen LogP contribution in [0, 0.1) is 5.92 Å². The van der Waals surface area contributed by atoms with Crippen molar-refractivity contribution in [1.82, 2.24) is 19.8 Å². The number of likely N-dealkylation sites (N-methyl/N-ethyl adjacent to an activating group) is 1. The van der Waals surface area contributed by atoms with Crippen molar-refractivity contribution in [3.63, 3.8) is 0 Å². The number of methoxy groups -OCH3 is 1. The fourth-order valence-electron chi connectivity index (χ4n) is 4.77. The van der Waals surface area contributed by atoms with E-state index in [1.807, 2.05) is 6.07 Å². The summed E-state index contributed by atoms with van der Waals surface area (Å²) in [4.78, 5) is 38.2. The molecule has 0 radical (unpaired) electrons. The van der Waals surface area contributed by atoms with Gasteiger partial charge in [-0.2, -0.15) is 0 Å². The number of carbonyl (C=O) groups is 2. The molecule has 0 fully saturated rings. The predicted octanol–water partition coefficient (Wildman–Crippen LogP) is 3.78. The number of carbonyl (C=O) groups excluding carboxylic acids is 2. The van der Waals surface area contributed by atoms with Gasteiger partial charge in [-0.05, 0) is 37.0 Å². The number of ether oxygens (including phenoxy) is 2. The molecule has 1 aliphatic rings. The van der Waals surface area contributed by atoms with Crippen LogP contribution in [-0.4, -0.2) is 84.1 Å². The second-order valence-corrected chi connectivity index (χ2v) is 10.1. The molecule has 0 unspecified atom stereocenters. The van der Waals surface area contributed by atoms with Gasteiger partial charge in [-0.3, -0.25) is 19.5 Å². The Morgan fingerprint density at radius 2 is 1.92 bits per heavy atom. The van der Waals surface area contributed by atoms with Crippen LogP contribution in [0.3, 0.4) is 0 Å². The standard InChI is InChI=1S/C30H37N5O4/c1-21-18-35(15-12-23-8-6-5-7-9-23)22(2)20-39-27-16-24(33-29(36)26-17-31-13-14-32-26)10-11-25(27)30(37)34(3)19-28(21)38-4/h5-11,13-14,16-17,21-22,28H,12,15,18-20H2,1-4H3,(H,33,36)/t21-,22-,28-/m0/s1. The van der Waals surface area contributed by atoms with Gasteiger partial charge in [0.15, 0.2) is 0 Å². The summed E-state index contributed by atoms with van der Waals surface area (Å²) in [6.45, 7) is 6.80. The van der Waals surface area contributed by atoms with E-state index in [0.29, 0.717) is 30.2 Å². The fraction of sp³-hybridized carbons (Fsp3) is 0.400. The molecule has 1 N–H and O–H groups in total. The van der Waals surface area contributed by atoms with Crippen molar-refractivity contribution in [2.75, 3.05) is 45.7 Å². The minimum atomic E-state index is -0.392. The van der Waals surface area contributed by atoms with Crippen molar-refractivity contribution in [3.8, 4) is 5.75 Å². The van der Waals surface area contributed by atoms with E-state index in [1.54, 1.807) is 37.3 Å². The van der Waals surface area contributed by atoms with Gasteiger partial charge in [-0.25, -0.2) is 4.98 Å². The van der Waals surface area contributed by atoms with E-state index in [2.05, 4.69) is 58.3 Å². The minimum absolute atomic E-state index is 0.0756. The van der Waals surface area contributed by atoms with Crippen molar-refractivity contribution in [1.29, 1.82) is 0 Å². The van der Waals surface area contributed by atoms with E-state index in [0.717, 1.165) is 19.5 Å². The first-order valence-electron chi connectivity index (χ1n) is 13.3. The zero-order valence-electron chi connectivity index (χ0n) is 23.0. The molecule has 0 aliphatic carbocycles. The summed E-state index contributed by atoms with van der Waals surface area (Å²) in [5, 5.41) is 2.82. The van der Waals surface area contributed by atoms with Gasteiger partial charge < -0.3 is 19.7 Å². The molecule has 0 bridgehead atoms. The van der Waals surface area contributed by atoms with Crippen LogP contribution >= 0.6 is 0 Å². The second kappa shape index (κ2) is 13.3.